The van der Waals surface area contributed by atoms with E-state index in [1.54, 1.807) is 34.4 Å². The molecule has 1 atom stereocenters. The van der Waals surface area contributed by atoms with Crippen LogP contribution in [0.15, 0.2) is 47.4 Å². The molecule has 1 unspecified atom stereocenters. The maximum atomic E-state index is 13.7. The summed E-state index contributed by atoms with van der Waals surface area (Å²) in [7, 11) is 1.77. The Bertz CT molecular complexity index is 2270. The van der Waals surface area contributed by atoms with Crippen LogP contribution in [0.4, 0.5) is 5.69 Å². The van der Waals surface area contributed by atoms with E-state index in [0.29, 0.717) is 52.3 Å². The molecule has 55 heavy (non-hydrogen) atoms. The van der Waals surface area contributed by atoms with Crippen LogP contribution in [-0.2, 0) is 16.6 Å². The largest absolute Gasteiger partial charge is 0.445 e. The van der Waals surface area contributed by atoms with Gasteiger partial charge in [0.2, 0.25) is 17.6 Å². The molecule has 3 fully saturated rings. The first kappa shape index (κ1) is 36.3. The number of piperidine rings is 2. The van der Waals surface area contributed by atoms with Crippen LogP contribution in [0.5, 0.6) is 23.1 Å². The zero-order valence-corrected chi connectivity index (χ0v) is 31.4. The number of anilines is 1. The number of aryl methyl sites for hydroxylation is 1. The number of para-hydroxylation sites is 1. The van der Waals surface area contributed by atoms with Gasteiger partial charge in [0, 0.05) is 44.4 Å². The number of carbonyl (C=O) groups is 3. The number of ether oxygens (including phenoxy) is 2. The Hall–Kier alpha value is -5.68. The average Bonchev–Trinajstić information content (AvgIpc) is 3.43. The number of aromatic nitrogens is 3. The Labute approximate surface area is 318 Å². The van der Waals surface area contributed by atoms with Crippen LogP contribution >= 0.6 is 0 Å². The molecule has 14 heteroatoms. The molecule has 2 aromatic carbocycles. The minimum atomic E-state index is -0.696. The van der Waals surface area contributed by atoms with Gasteiger partial charge in [-0.3, -0.25) is 28.8 Å². The van der Waals surface area contributed by atoms with Gasteiger partial charge < -0.3 is 25.0 Å². The van der Waals surface area contributed by atoms with E-state index in [1.807, 2.05) is 26.0 Å². The Morgan fingerprint density at radius 2 is 1.80 bits per heavy atom. The molecule has 286 valence electrons. The fraction of sp³-hybridized carbons (Fsp3) is 0.463. The molecule has 0 bridgehead atoms. The van der Waals surface area contributed by atoms with Crippen molar-refractivity contribution >= 4 is 34.4 Å². The number of hydrogen-bond acceptors (Lipinski definition) is 10. The predicted molar refractivity (Wildman–Crippen MR) is 205 cm³/mol. The molecule has 1 saturated carbocycles. The average molecular weight is 747 g/mol. The van der Waals surface area contributed by atoms with Crippen molar-refractivity contribution in [1.29, 1.82) is 5.26 Å². The van der Waals surface area contributed by atoms with Crippen LogP contribution in [0.1, 0.15) is 98.7 Å². The minimum Gasteiger partial charge on any atom is -0.445 e. The summed E-state index contributed by atoms with van der Waals surface area (Å²) in [5.74, 6) is 1.33. The second-order valence-corrected chi connectivity index (χ2v) is 15.6. The van der Waals surface area contributed by atoms with Crippen molar-refractivity contribution in [2.45, 2.75) is 89.3 Å². The quantitative estimate of drug-likeness (QED) is 0.173. The highest BCUT2D eigenvalue weighted by Crippen LogP contribution is 2.49. The summed E-state index contributed by atoms with van der Waals surface area (Å²) in [6, 6.07) is 12.4. The van der Waals surface area contributed by atoms with E-state index in [1.165, 1.54) is 6.20 Å². The summed E-state index contributed by atoms with van der Waals surface area (Å²) in [5.41, 5.74) is 3.83. The summed E-state index contributed by atoms with van der Waals surface area (Å²) < 4.78 is 15.4. The molecule has 14 nitrogen and oxygen atoms in total. The summed E-state index contributed by atoms with van der Waals surface area (Å²) in [5, 5.41) is 18.4. The zero-order valence-electron chi connectivity index (χ0n) is 31.4. The first-order valence-corrected chi connectivity index (χ1v) is 19.3. The lowest BCUT2D eigenvalue weighted by Gasteiger charge is -2.37. The topological polar surface area (TPSA) is 173 Å². The van der Waals surface area contributed by atoms with Gasteiger partial charge in [-0.25, -0.2) is 9.78 Å². The molecule has 5 heterocycles. The van der Waals surface area contributed by atoms with Crippen LogP contribution in [0.2, 0.25) is 0 Å². The first-order valence-electron chi connectivity index (χ1n) is 19.3. The molecule has 0 radical (unpaired) electrons. The second kappa shape index (κ2) is 14.9. The Kier molecular flexibility index (Phi) is 9.81. The lowest BCUT2D eigenvalue weighted by atomic mass is 9.84. The van der Waals surface area contributed by atoms with Crippen LogP contribution in [0.3, 0.4) is 0 Å². The van der Waals surface area contributed by atoms with Crippen molar-refractivity contribution in [3.63, 3.8) is 0 Å². The van der Waals surface area contributed by atoms with E-state index in [2.05, 4.69) is 38.0 Å². The summed E-state index contributed by atoms with van der Waals surface area (Å²) >= 11 is 0. The van der Waals surface area contributed by atoms with Gasteiger partial charge in [0.1, 0.15) is 6.04 Å². The maximum absolute atomic E-state index is 13.7. The van der Waals surface area contributed by atoms with Crippen molar-refractivity contribution in [1.82, 2.24) is 29.7 Å². The van der Waals surface area contributed by atoms with Gasteiger partial charge in [0.15, 0.2) is 11.5 Å². The predicted octanol–water partition coefficient (Wildman–Crippen LogP) is 5.47. The van der Waals surface area contributed by atoms with E-state index in [-0.39, 0.29) is 41.9 Å². The summed E-state index contributed by atoms with van der Waals surface area (Å²) in [4.78, 5) is 58.6. The molecule has 2 aromatic heterocycles. The molecular formula is C41H46N8O6. The minimum absolute atomic E-state index is 0.00314. The third kappa shape index (κ3) is 7.04. The molecule has 4 aliphatic rings. The van der Waals surface area contributed by atoms with E-state index in [4.69, 9.17) is 9.47 Å². The van der Waals surface area contributed by atoms with Gasteiger partial charge in [0.25, 0.3) is 11.8 Å². The lowest BCUT2D eigenvalue weighted by Crippen LogP contribution is -2.44. The van der Waals surface area contributed by atoms with Crippen LogP contribution in [0, 0.1) is 17.2 Å². The van der Waals surface area contributed by atoms with Crippen molar-refractivity contribution in [2.24, 2.45) is 13.0 Å². The van der Waals surface area contributed by atoms with Gasteiger partial charge in [0.05, 0.1) is 33.9 Å². The smallest absolute Gasteiger partial charge is 0.329 e. The van der Waals surface area contributed by atoms with Gasteiger partial charge in [-0.2, -0.15) is 5.26 Å². The number of amides is 3. The first-order chi connectivity index (χ1) is 26.6. The number of fused-ring (bicyclic) bond motifs is 3. The van der Waals surface area contributed by atoms with Gasteiger partial charge in [-0.15, -0.1) is 0 Å². The molecule has 8 rings (SSSR count). The number of imide groups is 1. The van der Waals surface area contributed by atoms with Gasteiger partial charge >= 0.3 is 5.69 Å². The molecule has 3 aliphatic heterocycles. The molecule has 3 amide bonds. The van der Waals surface area contributed by atoms with E-state index in [9.17, 15) is 24.4 Å². The van der Waals surface area contributed by atoms with Crippen molar-refractivity contribution in [2.75, 3.05) is 25.0 Å². The lowest BCUT2D eigenvalue weighted by molar-refractivity contribution is -0.135. The molecule has 2 saturated heterocycles. The zero-order chi connectivity index (χ0) is 38.4. The maximum Gasteiger partial charge on any atom is 0.329 e. The SMILES string of the molecule is CC(C)Nc1c(C(=O)NC2CCC(CN3CCC(c4cccc5c4n(C)c(=O)n5C4CCC(=O)NC4=O)CC3)CC2)cnc2c1Oc1cc(C#N)ccc1O2. The standard InChI is InChI=1S/C41H46N8O6/c1-23(2)44-35-29(21-43-40-37(35)54-33-19-25(20-42)9-13-32(33)55-40)38(51)45-27-10-7-24(8-11-27)22-48-17-15-26(16-18-48)28-5-4-6-30-36(28)47(3)41(53)49(30)31-12-14-34(50)46-39(31)52/h4-6,9,13,19,21,23-24,26-27,31H,7-8,10-12,14-18,22H2,1-3H3,(H,43,44)(H,45,51)(H,46,50,52). The molecular weight excluding hydrogens is 701 g/mol. The number of nitrogens with one attached hydrogen (secondary N) is 3. The molecule has 4 aromatic rings. The summed E-state index contributed by atoms with van der Waals surface area (Å²) in [6.07, 6.45) is 7.84. The highest BCUT2D eigenvalue weighted by atomic mass is 16.6. The number of imidazole rings is 1. The molecule has 1 aliphatic carbocycles. The van der Waals surface area contributed by atoms with Crippen molar-refractivity contribution in [3.05, 3.63) is 69.8 Å². The third-order valence-electron chi connectivity index (χ3n) is 11.6. The normalized spacial score (nSPS) is 21.5. The van der Waals surface area contributed by atoms with Crippen molar-refractivity contribution < 1.29 is 23.9 Å². The van der Waals surface area contributed by atoms with E-state index >= 15 is 0 Å². The number of rotatable bonds is 8. The number of likely N-dealkylation sites (tertiary alicyclic amines) is 1. The number of carbonyl (C=O) groups excluding carboxylic acids is 3. The van der Waals surface area contributed by atoms with E-state index < -0.39 is 11.9 Å². The van der Waals surface area contributed by atoms with E-state index in [0.717, 1.165) is 74.8 Å². The number of pyridine rings is 1. The number of hydrogen-bond donors (Lipinski definition) is 3. The number of benzene rings is 2. The number of nitriles is 1. The van der Waals surface area contributed by atoms with Gasteiger partial charge in [-0.05, 0) is 107 Å². The highest BCUT2D eigenvalue weighted by molar-refractivity contribution is 6.02. The fourth-order valence-corrected chi connectivity index (χ4v) is 8.78. The van der Waals surface area contributed by atoms with Crippen LogP contribution in [-0.4, -0.2) is 68.5 Å². The highest BCUT2D eigenvalue weighted by Gasteiger charge is 2.34. The van der Waals surface area contributed by atoms with Crippen LogP contribution < -0.4 is 31.1 Å². The monoisotopic (exact) mass is 746 g/mol. The van der Waals surface area contributed by atoms with Crippen molar-refractivity contribution in [3.8, 4) is 29.2 Å². The van der Waals surface area contributed by atoms with Crippen LogP contribution in [0.25, 0.3) is 11.0 Å². The number of nitrogens with zero attached hydrogens (tertiary/aromatic N) is 5. The fourth-order valence-electron chi connectivity index (χ4n) is 8.78. The Balaban J connectivity index is 0.871. The molecule has 3 N–H and O–H groups in total. The Morgan fingerprint density at radius 3 is 2.53 bits per heavy atom. The third-order valence-corrected chi connectivity index (χ3v) is 11.6. The second-order valence-electron chi connectivity index (χ2n) is 15.6. The Morgan fingerprint density at radius 1 is 1.02 bits per heavy atom. The van der Waals surface area contributed by atoms with Gasteiger partial charge in [-0.1, -0.05) is 12.1 Å². The summed E-state index contributed by atoms with van der Waals surface area (Å²) in [6.45, 7) is 6.91. The molecule has 0 spiro atoms.